The van der Waals surface area contributed by atoms with Crippen molar-refractivity contribution in [1.82, 2.24) is 19.8 Å². The molecule has 2 N–H and O–H groups in total. The normalized spacial score (nSPS) is 28.2. The van der Waals surface area contributed by atoms with E-state index in [1.54, 1.807) is 0 Å². The Bertz CT molecular complexity index is 2500. The Morgan fingerprint density at radius 3 is 1.75 bits per heavy atom. The van der Waals surface area contributed by atoms with Crippen molar-refractivity contribution in [3.63, 3.8) is 0 Å². The third kappa shape index (κ3) is 8.28. The Kier molecular flexibility index (Phi) is 14.2. The van der Waals surface area contributed by atoms with Crippen LogP contribution in [0.1, 0.15) is 62.0 Å². The molecule has 2 aromatic carbocycles. The number of hydrogen-bond donors (Lipinski definition) is 3. The molecule has 2 saturated heterocycles. The number of fused-ring (bicyclic) bond motifs is 6. The van der Waals surface area contributed by atoms with Gasteiger partial charge in [0, 0.05) is 63.8 Å². The number of carbonyl (C=O) groups is 3. The van der Waals surface area contributed by atoms with Gasteiger partial charge in [0.15, 0.2) is 4.84 Å². The molecule has 10 nitrogen and oxygen atoms in total. The number of aromatic amines is 2. The number of nitrogens with one attached hydrogen (secondary N) is 2. The second kappa shape index (κ2) is 18.8. The van der Waals surface area contributed by atoms with E-state index in [4.69, 9.17) is 9.47 Å². The van der Waals surface area contributed by atoms with Crippen LogP contribution in [0.3, 0.4) is 0 Å². The molecule has 0 spiro atoms. The number of para-hydroxylation sites is 1. The number of thiol groups is 1. The summed E-state index contributed by atoms with van der Waals surface area (Å²) in [6.07, 6.45) is 5.54. The van der Waals surface area contributed by atoms with Crippen LogP contribution in [0, 0.1) is 11.8 Å². The second-order valence-electron chi connectivity index (χ2n) is 16.8. The Hall–Kier alpha value is -3.41. The van der Waals surface area contributed by atoms with E-state index in [2.05, 4.69) is 152 Å². The van der Waals surface area contributed by atoms with Gasteiger partial charge in [0.2, 0.25) is 0 Å². The van der Waals surface area contributed by atoms with E-state index in [1.807, 2.05) is 0 Å². The van der Waals surface area contributed by atoms with Crippen LogP contribution < -0.4 is 0 Å². The van der Waals surface area contributed by atoms with Crippen molar-refractivity contribution in [3.05, 3.63) is 92.8 Å². The van der Waals surface area contributed by atoms with Crippen molar-refractivity contribution >= 4 is 99.1 Å². The number of aromatic nitrogens is 2. The Morgan fingerprint density at radius 2 is 1.32 bits per heavy atom. The molecule has 12 rings (SSSR count). The number of rotatable bonds is 5. The molecule has 8 bridgehead atoms. The molecule has 8 aliphatic rings. The first-order valence-corrected chi connectivity index (χ1v) is 23.0. The first kappa shape index (κ1) is 47.6. The van der Waals surface area contributed by atoms with Crippen molar-refractivity contribution in [2.24, 2.45) is 16.1 Å². The number of alkyl halides is 5. The summed E-state index contributed by atoms with van der Waals surface area (Å²) in [6.45, 7) is 8.52. The number of piperidine rings is 2. The van der Waals surface area contributed by atoms with Gasteiger partial charge in [-0.1, -0.05) is 94.5 Å². The molecule has 8 unspecified atom stereocenters. The molecule has 1 radical (unpaired) electrons. The van der Waals surface area contributed by atoms with Crippen molar-refractivity contribution in [3.8, 4) is 0 Å². The fraction of sp³-hybridized carbons (Fsp3) is 0.489. The van der Waals surface area contributed by atoms with Crippen molar-refractivity contribution in [2.45, 2.75) is 86.3 Å². The van der Waals surface area contributed by atoms with Gasteiger partial charge in [-0.2, -0.15) is 13.2 Å². The average molecular weight is 991 g/mol. The summed E-state index contributed by atoms with van der Waals surface area (Å²) in [4.78, 5) is 46.7. The van der Waals surface area contributed by atoms with Gasteiger partial charge < -0.3 is 19.4 Å². The number of ketones is 1. The van der Waals surface area contributed by atoms with Crippen molar-refractivity contribution in [1.29, 1.82) is 0 Å². The summed E-state index contributed by atoms with van der Waals surface area (Å²) in [6, 6.07) is 15.0. The predicted molar refractivity (Wildman–Crippen MR) is 247 cm³/mol. The fourth-order valence-corrected chi connectivity index (χ4v) is 12.2. The molecule has 8 heterocycles. The number of carbonyl (C=O) groups excluding carboxylic acids is 3. The van der Waals surface area contributed by atoms with Crippen LogP contribution in [0.5, 0.6) is 0 Å². The molecule has 0 saturated carbocycles. The summed E-state index contributed by atoms with van der Waals surface area (Å²) in [5.74, 6) is -1.47. The number of ether oxygens (including phenoxy) is 2. The molecular weight excluding hydrogens is 941 g/mol. The van der Waals surface area contributed by atoms with E-state index in [9.17, 15) is 27.6 Å². The average Bonchev–Trinajstić information content (AvgIpc) is 3.79. The van der Waals surface area contributed by atoms with Gasteiger partial charge in [-0.05, 0) is 85.8 Å². The number of methoxy groups -OCH3 is 2. The van der Waals surface area contributed by atoms with Gasteiger partial charge in [-0.25, -0.2) is 0 Å². The summed E-state index contributed by atoms with van der Waals surface area (Å²) in [5, 5.41) is 2.48. The zero-order valence-corrected chi connectivity index (χ0v) is 39.3. The quantitative estimate of drug-likeness (QED) is 0.0600. The minimum absolute atomic E-state index is 0.0824. The number of H-pyrrole nitrogens is 2. The van der Waals surface area contributed by atoms with Crippen molar-refractivity contribution in [2.75, 3.05) is 40.4 Å². The van der Waals surface area contributed by atoms with E-state index in [0.29, 0.717) is 11.8 Å². The van der Waals surface area contributed by atoms with Gasteiger partial charge >= 0.3 is 42.9 Å². The van der Waals surface area contributed by atoms with E-state index >= 15 is 0 Å². The number of nitrogens with zero attached hydrogens (tertiary/aromatic N) is 3. The van der Waals surface area contributed by atoms with Crippen LogP contribution in [-0.4, -0.2) is 109 Å². The van der Waals surface area contributed by atoms with Gasteiger partial charge in [-0.3, -0.25) is 24.2 Å². The molecule has 18 heteroatoms. The molecular formula is C45H49BBrCl2F3N5O5S. The zero-order valence-electron chi connectivity index (χ0n) is 35.3. The molecule has 2 aliphatic carbocycles. The van der Waals surface area contributed by atoms with Crippen LogP contribution in [0.4, 0.5) is 13.2 Å². The SMILES string of the molecule is CCC1=CC2CN3CCc4c([nH]c5ccc(Br)cc45)C(C(=O)OC)(C2)C13.CCC1=CC2CN3CCc4c([nH]c5ccccc45)C(C(=O)OC)(C2)C13.O=C(C(Cl)Cl)C(F)(F)F.[B]=NS. The molecule has 63 heavy (non-hydrogen) atoms. The van der Waals surface area contributed by atoms with Gasteiger partial charge in [0.1, 0.15) is 10.8 Å². The van der Waals surface area contributed by atoms with Gasteiger partial charge in [-0.15, -0.1) is 0 Å². The van der Waals surface area contributed by atoms with Crippen LogP contribution >= 0.6 is 51.9 Å². The number of Topliss-reactive ketones (excluding diaryl/α,β-unsaturated/α-hetero) is 1. The van der Waals surface area contributed by atoms with E-state index in [0.717, 1.165) is 91.6 Å². The Morgan fingerprint density at radius 1 is 0.857 bits per heavy atom. The maximum absolute atomic E-state index is 13.3. The van der Waals surface area contributed by atoms with Crippen molar-refractivity contribution < 1.29 is 37.0 Å². The first-order valence-electron chi connectivity index (χ1n) is 20.9. The summed E-state index contributed by atoms with van der Waals surface area (Å²) in [5.41, 5.74) is 8.63. The maximum atomic E-state index is 13.3. The monoisotopic (exact) mass is 988 g/mol. The standard InChI is InChI=1S/C21H23BrN2O2.C21H24N2O2.C3HCl2F3O.BHNS/c1-3-13-8-12-10-21(20(25)26-2)18-15(6-7-24(11-12)19(13)21)16-9-14(22)4-5-17(16)23-18;1-3-14-10-13-11-21(20(24)25-2)18-16(8-9-23(12-13)19(14)21)15-6-4-5-7-17(15)22-18;4-2(5)1(9)3(6,7)8;1-2-3/h4-5,8-9,12,19,23H,3,6-7,10-11H2,1-2H3;4-7,10,13,19,22H,3,8-9,11-12H2,1-2H3;2H;3H. The Balaban J connectivity index is 0.000000151. The molecule has 2 fully saturated rings. The minimum atomic E-state index is -4.92. The van der Waals surface area contributed by atoms with E-state index < -0.39 is 27.6 Å². The fourth-order valence-electron chi connectivity index (χ4n) is 11.6. The third-order valence-corrected chi connectivity index (χ3v) is 14.5. The Labute approximate surface area is 389 Å². The number of esters is 2. The molecule has 335 valence electrons. The van der Waals surface area contributed by atoms with Gasteiger partial charge in [0.05, 0.1) is 26.3 Å². The zero-order chi connectivity index (χ0) is 45.6. The second-order valence-corrected chi connectivity index (χ2v) is 19.1. The third-order valence-electron chi connectivity index (χ3n) is 13.6. The van der Waals surface area contributed by atoms with E-state index in [1.165, 1.54) is 47.3 Å². The van der Waals surface area contributed by atoms with Crippen LogP contribution in [0.2, 0.25) is 0 Å². The topological polar surface area (TPSA) is 120 Å². The van der Waals surface area contributed by atoms with Gasteiger partial charge in [0.25, 0.3) is 5.78 Å². The predicted octanol–water partition coefficient (Wildman–Crippen LogP) is 9.22. The summed E-state index contributed by atoms with van der Waals surface area (Å²) < 4.78 is 48.1. The molecule has 4 aromatic rings. The van der Waals surface area contributed by atoms with Crippen LogP contribution in [0.25, 0.3) is 21.8 Å². The van der Waals surface area contributed by atoms with Crippen LogP contribution in [-0.2, 0) is 47.5 Å². The van der Waals surface area contributed by atoms with E-state index in [-0.39, 0.29) is 24.0 Å². The summed E-state index contributed by atoms with van der Waals surface area (Å²) in [7, 11) is 7.40. The molecule has 0 amide bonds. The molecule has 2 aromatic heterocycles. The molecule has 8 atom stereocenters. The first-order chi connectivity index (χ1) is 30.0. The number of benzene rings is 2. The summed E-state index contributed by atoms with van der Waals surface area (Å²) >= 11 is 16.0. The van der Waals surface area contributed by atoms with Crippen LogP contribution in [0.15, 0.2) is 74.5 Å². The molecule has 6 aliphatic heterocycles. The number of hydrogen-bond acceptors (Lipinski definition) is 9. The number of halogens is 6.